The fraction of sp³-hybridized carbons (Fsp3) is 0.320. The Morgan fingerprint density at radius 3 is 2.67 bits per heavy atom. The molecule has 1 fully saturated rings. The minimum atomic E-state index is -0.363. The first-order chi connectivity index (χ1) is 16.1. The molecule has 8 heteroatoms. The quantitative estimate of drug-likeness (QED) is 0.275. The Hall–Kier alpha value is -3.33. The maximum atomic E-state index is 9.43. The molecule has 0 unspecified atom stereocenters. The van der Waals surface area contributed by atoms with E-state index in [2.05, 4.69) is 10.3 Å². The third kappa shape index (κ3) is 5.03. The third-order valence-corrected chi connectivity index (χ3v) is 5.86. The van der Waals surface area contributed by atoms with Crippen LogP contribution in [0.15, 0.2) is 48.5 Å². The number of rotatable bonds is 10. The Balaban J connectivity index is 1.76. The Labute approximate surface area is 193 Å². The summed E-state index contributed by atoms with van der Waals surface area (Å²) >= 11 is 0. The number of nitrogens with two attached hydrogens (primary N) is 1. The van der Waals surface area contributed by atoms with Crippen molar-refractivity contribution in [3.63, 3.8) is 0 Å². The van der Waals surface area contributed by atoms with Crippen molar-refractivity contribution >= 4 is 17.7 Å². The van der Waals surface area contributed by atoms with Gasteiger partial charge in [0.05, 0.1) is 47.1 Å². The van der Waals surface area contributed by atoms with Crippen LogP contribution >= 0.6 is 0 Å². The van der Waals surface area contributed by atoms with E-state index < -0.39 is 0 Å². The van der Waals surface area contributed by atoms with Gasteiger partial charge >= 0.3 is 0 Å². The molecule has 0 aliphatic heterocycles. The van der Waals surface area contributed by atoms with E-state index in [4.69, 9.17) is 25.6 Å². The van der Waals surface area contributed by atoms with Crippen LogP contribution in [0, 0.1) is 5.41 Å². The summed E-state index contributed by atoms with van der Waals surface area (Å²) in [6, 6.07) is 15.1. The number of aromatic nitrogens is 2. The van der Waals surface area contributed by atoms with Crippen LogP contribution in [0.5, 0.6) is 5.75 Å². The smallest absolute Gasteiger partial charge is 0.130 e. The summed E-state index contributed by atoms with van der Waals surface area (Å²) in [5, 5.41) is 20.7. The molecule has 0 atom stereocenters. The highest BCUT2D eigenvalue weighted by molar-refractivity contribution is 5.93. The van der Waals surface area contributed by atoms with Crippen LogP contribution in [-0.4, -0.2) is 41.6 Å². The normalized spacial score (nSPS) is 14.4. The van der Waals surface area contributed by atoms with Crippen molar-refractivity contribution < 1.29 is 14.6 Å². The second kappa shape index (κ2) is 10.1. The van der Waals surface area contributed by atoms with Crippen molar-refractivity contribution in [1.82, 2.24) is 9.97 Å². The first-order valence-corrected chi connectivity index (χ1v) is 11.0. The summed E-state index contributed by atoms with van der Waals surface area (Å²) in [7, 11) is 1.61. The van der Waals surface area contributed by atoms with E-state index in [0.29, 0.717) is 41.7 Å². The van der Waals surface area contributed by atoms with Crippen LogP contribution < -0.4 is 15.8 Å². The highest BCUT2D eigenvalue weighted by Gasteiger charge is 2.35. The lowest BCUT2D eigenvalue weighted by atomic mass is 9.75. The summed E-state index contributed by atoms with van der Waals surface area (Å²) in [5.41, 5.74) is 10.4. The van der Waals surface area contributed by atoms with Crippen LogP contribution in [0.1, 0.15) is 36.2 Å². The minimum absolute atomic E-state index is 0.157. The van der Waals surface area contributed by atoms with Gasteiger partial charge in [-0.05, 0) is 55.7 Å². The molecule has 33 heavy (non-hydrogen) atoms. The van der Waals surface area contributed by atoms with Crippen molar-refractivity contribution in [2.24, 2.45) is 5.73 Å². The van der Waals surface area contributed by atoms with Gasteiger partial charge in [-0.2, -0.15) is 0 Å². The predicted octanol–water partition coefficient (Wildman–Crippen LogP) is 3.74. The maximum Gasteiger partial charge on any atom is 0.130 e. The van der Waals surface area contributed by atoms with Crippen LogP contribution in [0.4, 0.5) is 11.5 Å². The summed E-state index contributed by atoms with van der Waals surface area (Å²) in [6.07, 6.45) is 4.22. The predicted molar refractivity (Wildman–Crippen MR) is 128 cm³/mol. The van der Waals surface area contributed by atoms with Gasteiger partial charge in [0.25, 0.3) is 0 Å². The average molecular weight is 448 g/mol. The van der Waals surface area contributed by atoms with Crippen molar-refractivity contribution in [3.8, 4) is 17.0 Å². The largest absolute Gasteiger partial charge is 0.490 e. The van der Waals surface area contributed by atoms with Crippen molar-refractivity contribution in [1.29, 1.82) is 5.41 Å². The zero-order valence-corrected chi connectivity index (χ0v) is 18.7. The second-order valence-corrected chi connectivity index (χ2v) is 8.14. The molecule has 0 radical (unpaired) electrons. The first kappa shape index (κ1) is 22.8. The molecule has 8 nitrogen and oxygen atoms in total. The molecule has 0 saturated heterocycles. The van der Waals surface area contributed by atoms with Gasteiger partial charge in [-0.25, -0.2) is 4.98 Å². The van der Waals surface area contributed by atoms with Gasteiger partial charge in [0.1, 0.15) is 18.2 Å². The standard InChI is InChI=1S/C25H29N5O3/c1-32-11-12-33-22-14-17(20-6-3-7-23(29-20)25(27)9-4-10-25)13-21(19(22)15-26)30-24-8-2-5-18(16-31)28-24/h2-3,5-8,13-15,26,31H,4,9-12,16,27H2,1H3,(H,28,30). The van der Waals surface area contributed by atoms with Gasteiger partial charge in [0.15, 0.2) is 0 Å². The number of methoxy groups -OCH3 is 1. The fourth-order valence-corrected chi connectivity index (χ4v) is 3.84. The molecule has 2 heterocycles. The van der Waals surface area contributed by atoms with E-state index >= 15 is 0 Å². The minimum Gasteiger partial charge on any atom is -0.490 e. The topological polar surface area (TPSA) is 126 Å². The SMILES string of the molecule is COCCOc1cc(-c2cccc(C3(N)CCC3)n2)cc(Nc2cccc(CO)n2)c1C=N. The Morgan fingerprint density at radius 2 is 1.97 bits per heavy atom. The van der Waals surface area contributed by atoms with E-state index in [-0.39, 0.29) is 12.1 Å². The number of hydrogen-bond acceptors (Lipinski definition) is 8. The van der Waals surface area contributed by atoms with Gasteiger partial charge in [0.2, 0.25) is 0 Å². The van der Waals surface area contributed by atoms with E-state index in [1.54, 1.807) is 19.2 Å². The molecule has 0 spiro atoms. The van der Waals surface area contributed by atoms with Crippen LogP contribution in [0.2, 0.25) is 0 Å². The number of aliphatic hydroxyl groups excluding tert-OH is 1. The highest BCUT2D eigenvalue weighted by atomic mass is 16.5. The molecular weight excluding hydrogens is 418 g/mol. The molecular formula is C25H29N5O3. The number of nitrogens with zero attached hydrogens (tertiary/aromatic N) is 2. The average Bonchev–Trinajstić information content (AvgIpc) is 2.82. The zero-order valence-electron chi connectivity index (χ0n) is 18.7. The summed E-state index contributed by atoms with van der Waals surface area (Å²) in [5.74, 6) is 1.10. The fourth-order valence-electron chi connectivity index (χ4n) is 3.84. The van der Waals surface area contributed by atoms with E-state index in [1.165, 1.54) is 6.21 Å². The zero-order chi connectivity index (χ0) is 23.3. The molecule has 172 valence electrons. The number of pyridine rings is 2. The molecule has 1 aromatic carbocycles. The number of ether oxygens (including phenoxy) is 2. The van der Waals surface area contributed by atoms with Crippen molar-refractivity contribution in [2.75, 3.05) is 25.6 Å². The van der Waals surface area contributed by atoms with E-state index in [0.717, 1.165) is 36.2 Å². The number of aliphatic hydroxyl groups is 1. The summed E-state index contributed by atoms with van der Waals surface area (Å²) < 4.78 is 11.1. The molecule has 3 aromatic rings. The van der Waals surface area contributed by atoms with Gasteiger partial charge in [-0.1, -0.05) is 12.1 Å². The third-order valence-electron chi connectivity index (χ3n) is 5.86. The lowest BCUT2D eigenvalue weighted by molar-refractivity contribution is 0.146. The van der Waals surface area contributed by atoms with Gasteiger partial charge in [-0.15, -0.1) is 0 Å². The van der Waals surface area contributed by atoms with Gasteiger partial charge in [-0.3, -0.25) is 4.98 Å². The Morgan fingerprint density at radius 1 is 1.15 bits per heavy atom. The molecule has 4 rings (SSSR count). The van der Waals surface area contributed by atoms with Crippen LogP contribution in [0.3, 0.4) is 0 Å². The number of hydrogen-bond donors (Lipinski definition) is 4. The van der Waals surface area contributed by atoms with Gasteiger partial charge < -0.3 is 31.0 Å². The Kier molecular flexibility index (Phi) is 6.98. The van der Waals surface area contributed by atoms with Crippen molar-refractivity contribution in [3.05, 3.63) is 65.5 Å². The van der Waals surface area contributed by atoms with E-state index in [9.17, 15) is 5.11 Å². The van der Waals surface area contributed by atoms with E-state index in [1.807, 2.05) is 36.4 Å². The molecule has 2 aromatic heterocycles. The summed E-state index contributed by atoms with van der Waals surface area (Å²) in [4.78, 5) is 9.27. The van der Waals surface area contributed by atoms with Crippen LogP contribution in [0.25, 0.3) is 11.3 Å². The highest BCUT2D eigenvalue weighted by Crippen LogP contribution is 2.39. The summed E-state index contributed by atoms with van der Waals surface area (Å²) in [6.45, 7) is 0.613. The lowest BCUT2D eigenvalue weighted by Crippen LogP contribution is -2.44. The van der Waals surface area contributed by atoms with Gasteiger partial charge in [0, 0.05) is 18.9 Å². The molecule has 1 saturated carbocycles. The number of nitrogens with one attached hydrogen (secondary N) is 2. The number of anilines is 2. The molecule has 0 amide bonds. The first-order valence-electron chi connectivity index (χ1n) is 11.0. The molecule has 5 N–H and O–H groups in total. The Bertz CT molecular complexity index is 1130. The van der Waals surface area contributed by atoms with Crippen LogP contribution in [-0.2, 0) is 16.9 Å². The molecule has 0 bridgehead atoms. The molecule has 1 aliphatic carbocycles. The maximum absolute atomic E-state index is 9.43. The monoisotopic (exact) mass is 447 g/mol. The number of benzene rings is 1. The second-order valence-electron chi connectivity index (χ2n) is 8.14. The van der Waals surface area contributed by atoms with Crippen molar-refractivity contribution in [2.45, 2.75) is 31.4 Å². The lowest BCUT2D eigenvalue weighted by Gasteiger charge is -2.37. The molecule has 1 aliphatic rings.